The Morgan fingerprint density at radius 2 is 0.300 bits per heavy atom. The molecule has 0 aromatic heterocycles. The van der Waals surface area contributed by atoms with E-state index in [0.717, 1.165) is 0 Å². The first-order valence-electron chi connectivity index (χ1n) is 12.4. The van der Waals surface area contributed by atoms with Crippen LogP contribution in [0.5, 0.6) is 0 Å². The van der Waals surface area contributed by atoms with Crippen molar-refractivity contribution >= 4 is 0 Å². The Hall–Kier alpha value is -5.30. The number of benzene rings is 5. The van der Waals surface area contributed by atoms with Gasteiger partial charge >= 0.3 is 0 Å². The molecular formula is C30H2F20. The van der Waals surface area contributed by atoms with Crippen molar-refractivity contribution in [3.63, 3.8) is 0 Å². The van der Waals surface area contributed by atoms with E-state index in [1.807, 2.05) is 0 Å². The number of hydrogen-bond acceptors (Lipinski definition) is 0. The molecule has 0 radical (unpaired) electrons. The van der Waals surface area contributed by atoms with Gasteiger partial charge in [0.15, 0.2) is 93.1 Å². The van der Waals surface area contributed by atoms with Crippen LogP contribution in [0.2, 0.25) is 0 Å². The van der Waals surface area contributed by atoms with Crippen LogP contribution < -0.4 is 0 Å². The Labute approximate surface area is 261 Å². The first-order chi connectivity index (χ1) is 23.2. The fourth-order valence-corrected chi connectivity index (χ4v) is 4.87. The number of hydrogen-bond donors (Lipinski definition) is 0. The van der Waals surface area contributed by atoms with Crippen LogP contribution in [0.1, 0.15) is 0 Å². The van der Waals surface area contributed by atoms with Gasteiger partial charge in [0, 0.05) is 11.1 Å². The van der Waals surface area contributed by atoms with Crippen LogP contribution in [0.3, 0.4) is 0 Å². The standard InChI is InChI=1S/C30H2F20/c31-11-7(12(32)20(40)27(47)19(11)39)3-1-2-4(8-13(33)21(41)28(48)22(42)14(8)34)6(10-17(37)25(45)30(50)26(46)18(10)38)5(3)9-15(35)23(43)29(49)24(44)16(9)36/h1-2H. The average Bonchev–Trinajstić information content (AvgIpc) is 3.09. The van der Waals surface area contributed by atoms with Crippen molar-refractivity contribution in [1.29, 1.82) is 0 Å². The van der Waals surface area contributed by atoms with Crippen LogP contribution in [0.25, 0.3) is 44.5 Å². The first-order valence-corrected chi connectivity index (χ1v) is 12.4. The highest BCUT2D eigenvalue weighted by atomic mass is 19.2. The van der Waals surface area contributed by atoms with Crippen molar-refractivity contribution in [3.8, 4) is 44.5 Å². The molecule has 20 heteroatoms. The van der Waals surface area contributed by atoms with E-state index in [0.29, 0.717) is 0 Å². The van der Waals surface area contributed by atoms with Crippen LogP contribution in [-0.2, 0) is 0 Å². The van der Waals surface area contributed by atoms with E-state index >= 15 is 35.1 Å². The van der Waals surface area contributed by atoms with E-state index in [2.05, 4.69) is 0 Å². The summed E-state index contributed by atoms with van der Waals surface area (Å²) >= 11 is 0. The molecule has 0 aliphatic rings. The molecule has 0 aliphatic carbocycles. The Morgan fingerprint density at radius 1 is 0.160 bits per heavy atom. The van der Waals surface area contributed by atoms with Gasteiger partial charge in [-0.2, -0.15) is 0 Å². The van der Waals surface area contributed by atoms with Crippen LogP contribution in [0, 0.1) is 116 Å². The van der Waals surface area contributed by atoms with Gasteiger partial charge in [0.1, 0.15) is 0 Å². The molecule has 0 saturated heterocycles. The van der Waals surface area contributed by atoms with E-state index < -0.39 is 161 Å². The second-order valence-corrected chi connectivity index (χ2v) is 9.69. The lowest BCUT2D eigenvalue weighted by atomic mass is 9.81. The first kappa shape index (κ1) is 36.0. The highest BCUT2D eigenvalue weighted by Crippen LogP contribution is 2.52. The molecule has 5 rings (SSSR count). The van der Waals surface area contributed by atoms with Crippen molar-refractivity contribution in [2.75, 3.05) is 0 Å². The summed E-state index contributed by atoms with van der Waals surface area (Å²) in [5.41, 5.74) is -20.0. The van der Waals surface area contributed by atoms with Gasteiger partial charge in [-0.1, -0.05) is 12.1 Å². The second-order valence-electron chi connectivity index (χ2n) is 9.69. The summed E-state index contributed by atoms with van der Waals surface area (Å²) in [4.78, 5) is 0. The van der Waals surface area contributed by atoms with Crippen molar-refractivity contribution in [2.45, 2.75) is 0 Å². The van der Waals surface area contributed by atoms with Crippen LogP contribution >= 0.6 is 0 Å². The highest BCUT2D eigenvalue weighted by Gasteiger charge is 2.39. The third-order valence-electron chi connectivity index (χ3n) is 7.08. The molecule has 0 N–H and O–H groups in total. The molecule has 0 saturated carbocycles. The highest BCUT2D eigenvalue weighted by molar-refractivity contribution is 6.02. The Kier molecular flexibility index (Phi) is 8.81. The average molecular weight is 742 g/mol. The summed E-state index contributed by atoms with van der Waals surface area (Å²) in [6, 6.07) is -0.594. The van der Waals surface area contributed by atoms with E-state index in [4.69, 9.17) is 0 Å². The molecule has 0 amide bonds. The molecule has 0 fully saturated rings. The lowest BCUT2D eigenvalue weighted by Crippen LogP contribution is -2.12. The lowest BCUT2D eigenvalue weighted by Gasteiger charge is -2.23. The number of rotatable bonds is 4. The molecular weight excluding hydrogens is 740 g/mol. The third kappa shape index (κ3) is 4.85. The second kappa shape index (κ2) is 12.2. The molecule has 0 bridgehead atoms. The van der Waals surface area contributed by atoms with Gasteiger partial charge in [-0.05, 0) is 11.1 Å². The maximum Gasteiger partial charge on any atom is 0.200 e. The molecule has 5 aromatic rings. The summed E-state index contributed by atoms with van der Waals surface area (Å²) in [6.07, 6.45) is 0. The maximum atomic E-state index is 15.4. The third-order valence-corrected chi connectivity index (χ3v) is 7.08. The summed E-state index contributed by atoms with van der Waals surface area (Å²) < 4.78 is 293. The van der Waals surface area contributed by atoms with Crippen molar-refractivity contribution in [3.05, 3.63) is 128 Å². The quantitative estimate of drug-likeness (QED) is 0.0977. The minimum absolute atomic E-state index is 0.297. The largest absolute Gasteiger partial charge is 0.203 e. The Bertz CT molecular complexity index is 2050. The SMILES string of the molecule is Fc1c(F)c(F)c(-c2ccc(-c3c(F)c(F)c(F)c(F)c3F)c(-c3c(F)c(F)c(F)c(F)c3F)c2-c2c(F)c(F)c(F)c(F)c2F)c(F)c1F. The molecule has 0 heterocycles. The van der Waals surface area contributed by atoms with E-state index in [9.17, 15) is 52.7 Å². The van der Waals surface area contributed by atoms with Gasteiger partial charge in [0.05, 0.1) is 22.3 Å². The summed E-state index contributed by atoms with van der Waals surface area (Å²) in [5, 5.41) is 0. The maximum absolute atomic E-state index is 15.4. The van der Waals surface area contributed by atoms with E-state index in [1.165, 1.54) is 0 Å². The molecule has 0 spiro atoms. The zero-order chi connectivity index (χ0) is 37.6. The molecule has 262 valence electrons. The minimum Gasteiger partial charge on any atom is -0.203 e. The van der Waals surface area contributed by atoms with Gasteiger partial charge < -0.3 is 0 Å². The fourth-order valence-electron chi connectivity index (χ4n) is 4.87. The molecule has 50 heavy (non-hydrogen) atoms. The van der Waals surface area contributed by atoms with Crippen LogP contribution in [-0.4, -0.2) is 0 Å². The predicted octanol–water partition coefficient (Wildman–Crippen LogP) is 11.1. The van der Waals surface area contributed by atoms with Crippen molar-refractivity contribution < 1.29 is 87.8 Å². The lowest BCUT2D eigenvalue weighted by molar-refractivity contribution is 0.379. The van der Waals surface area contributed by atoms with Crippen LogP contribution in [0.15, 0.2) is 12.1 Å². The Balaban J connectivity index is 2.26. The molecule has 0 unspecified atom stereocenters. The summed E-state index contributed by atoms with van der Waals surface area (Å²) in [6.45, 7) is 0. The van der Waals surface area contributed by atoms with Gasteiger partial charge in [-0.15, -0.1) is 0 Å². The van der Waals surface area contributed by atoms with Gasteiger partial charge in [-0.3, -0.25) is 0 Å². The molecule has 5 aromatic carbocycles. The zero-order valence-corrected chi connectivity index (χ0v) is 22.7. The van der Waals surface area contributed by atoms with Gasteiger partial charge in [0.25, 0.3) is 0 Å². The van der Waals surface area contributed by atoms with Gasteiger partial charge in [0.2, 0.25) is 23.3 Å². The topological polar surface area (TPSA) is 0 Å². The smallest absolute Gasteiger partial charge is 0.200 e. The van der Waals surface area contributed by atoms with Gasteiger partial charge in [-0.25, -0.2) is 87.8 Å². The van der Waals surface area contributed by atoms with Crippen LogP contribution in [0.4, 0.5) is 87.8 Å². The van der Waals surface area contributed by atoms with Crippen molar-refractivity contribution in [1.82, 2.24) is 0 Å². The molecule has 0 atom stereocenters. The zero-order valence-electron chi connectivity index (χ0n) is 22.7. The van der Waals surface area contributed by atoms with Crippen molar-refractivity contribution in [2.24, 2.45) is 0 Å². The monoisotopic (exact) mass is 742 g/mol. The van der Waals surface area contributed by atoms with E-state index in [1.54, 1.807) is 0 Å². The summed E-state index contributed by atoms with van der Waals surface area (Å²) in [5.74, 6) is -61.5. The fraction of sp³-hybridized carbons (Fsp3) is 0. The normalized spacial score (nSPS) is 11.6. The predicted molar refractivity (Wildman–Crippen MR) is 127 cm³/mol. The summed E-state index contributed by atoms with van der Waals surface area (Å²) in [7, 11) is 0. The Morgan fingerprint density at radius 3 is 0.480 bits per heavy atom. The molecule has 0 aliphatic heterocycles. The minimum atomic E-state index is -3.17. The molecule has 0 nitrogen and oxygen atoms in total. The van der Waals surface area contributed by atoms with E-state index in [-0.39, 0.29) is 12.1 Å². The number of halogens is 20.